The molecule has 1 aromatic heterocycles. The highest BCUT2D eigenvalue weighted by molar-refractivity contribution is 7.89. The van der Waals surface area contributed by atoms with Gasteiger partial charge in [0, 0.05) is 44.8 Å². The van der Waals surface area contributed by atoms with Gasteiger partial charge in [-0.3, -0.25) is 9.69 Å². The Kier molecular flexibility index (Phi) is 11.5. The van der Waals surface area contributed by atoms with Crippen molar-refractivity contribution in [1.29, 1.82) is 0 Å². The van der Waals surface area contributed by atoms with E-state index in [2.05, 4.69) is 24.8 Å². The van der Waals surface area contributed by atoms with Gasteiger partial charge < -0.3 is 26.9 Å². The van der Waals surface area contributed by atoms with Crippen LogP contribution in [0.15, 0.2) is 47.4 Å². The Labute approximate surface area is 252 Å². The van der Waals surface area contributed by atoms with Crippen molar-refractivity contribution in [2.75, 3.05) is 63.9 Å². The van der Waals surface area contributed by atoms with Gasteiger partial charge in [-0.25, -0.2) is 18.2 Å². The number of anilines is 1. The first kappa shape index (κ1) is 32.7. The standard InChI is InChI=1S/C28H37N5O5S2.ClH/c1-5-30(6-2)14-19-33(27-29-24-13-8-21(4)20-25(24)39-27)26(34)22-9-11-23(12-10-22)40(36,37)32-17-15-31(16-18-32)28(35)38-7-3;/h8-13,20H,5-7,14-19H2,1-4H3;1H/p-1. The van der Waals surface area contributed by atoms with Crippen molar-refractivity contribution in [2.24, 2.45) is 0 Å². The van der Waals surface area contributed by atoms with E-state index < -0.39 is 16.1 Å². The lowest BCUT2D eigenvalue weighted by Crippen LogP contribution is -3.00. The highest BCUT2D eigenvalue weighted by Gasteiger charge is 2.31. The number of thiazole rings is 1. The number of benzene rings is 2. The van der Waals surface area contributed by atoms with Gasteiger partial charge in [-0.2, -0.15) is 4.31 Å². The number of amides is 2. The lowest BCUT2D eigenvalue weighted by atomic mass is 10.2. The van der Waals surface area contributed by atoms with Crippen molar-refractivity contribution in [1.82, 2.24) is 19.1 Å². The zero-order valence-electron chi connectivity index (χ0n) is 23.9. The number of halogens is 1. The zero-order valence-corrected chi connectivity index (χ0v) is 26.3. The summed E-state index contributed by atoms with van der Waals surface area (Å²) in [6, 6.07) is 12.1. The maximum absolute atomic E-state index is 13.8. The van der Waals surface area contributed by atoms with Crippen molar-refractivity contribution in [2.45, 2.75) is 32.6 Å². The number of likely N-dealkylation sites (N-methyl/N-ethyl adjacent to an activating group) is 1. The Hall–Kier alpha value is -2.77. The summed E-state index contributed by atoms with van der Waals surface area (Å²) in [5.41, 5.74) is 2.36. The van der Waals surface area contributed by atoms with Crippen LogP contribution in [0, 0.1) is 6.92 Å². The number of carbonyl (C=O) groups is 2. The maximum atomic E-state index is 13.8. The molecule has 2 amide bonds. The molecule has 0 radical (unpaired) electrons. The molecule has 0 atom stereocenters. The predicted molar refractivity (Wildman–Crippen MR) is 158 cm³/mol. The molecular weight excluding hydrogens is 586 g/mol. The van der Waals surface area contributed by atoms with E-state index in [-0.39, 0.29) is 56.0 Å². The highest BCUT2D eigenvalue weighted by Crippen LogP contribution is 2.31. The first-order valence-electron chi connectivity index (χ1n) is 13.6. The van der Waals surface area contributed by atoms with Crippen LogP contribution in [0.2, 0.25) is 0 Å². The molecule has 13 heteroatoms. The van der Waals surface area contributed by atoms with Gasteiger partial charge in [0.25, 0.3) is 5.91 Å². The van der Waals surface area contributed by atoms with Gasteiger partial charge in [0.1, 0.15) is 0 Å². The number of fused-ring (bicyclic) bond motifs is 1. The Morgan fingerprint density at radius 3 is 2.24 bits per heavy atom. The number of piperazine rings is 1. The summed E-state index contributed by atoms with van der Waals surface area (Å²) in [5, 5.41) is 0.619. The van der Waals surface area contributed by atoms with Crippen LogP contribution in [0.5, 0.6) is 0 Å². The van der Waals surface area contributed by atoms with E-state index in [1.165, 1.54) is 32.7 Å². The third-order valence-corrected chi connectivity index (χ3v) is 10.0. The fourth-order valence-electron chi connectivity index (χ4n) is 4.60. The number of rotatable bonds is 10. The van der Waals surface area contributed by atoms with Crippen molar-refractivity contribution in [3.8, 4) is 0 Å². The van der Waals surface area contributed by atoms with Crippen LogP contribution < -0.4 is 17.3 Å². The number of hydrogen-bond acceptors (Lipinski definition) is 8. The van der Waals surface area contributed by atoms with Gasteiger partial charge in [-0.15, -0.1) is 0 Å². The second kappa shape index (κ2) is 14.4. The third-order valence-electron chi connectivity index (χ3n) is 7.05. The Morgan fingerprint density at radius 2 is 1.63 bits per heavy atom. The average Bonchev–Trinajstić information content (AvgIpc) is 3.38. The van der Waals surface area contributed by atoms with Gasteiger partial charge >= 0.3 is 6.09 Å². The summed E-state index contributed by atoms with van der Waals surface area (Å²) in [7, 11) is -3.78. The number of carbonyl (C=O) groups excluding carboxylic acids is 2. The summed E-state index contributed by atoms with van der Waals surface area (Å²) in [6.45, 7) is 12.0. The molecule has 0 N–H and O–H groups in total. The van der Waals surface area contributed by atoms with Crippen LogP contribution in [0.1, 0.15) is 36.7 Å². The lowest BCUT2D eigenvalue weighted by Gasteiger charge is -2.33. The summed E-state index contributed by atoms with van der Waals surface area (Å²) < 4.78 is 33.9. The van der Waals surface area contributed by atoms with Crippen molar-refractivity contribution >= 4 is 48.7 Å². The number of sulfonamides is 1. The second-order valence-electron chi connectivity index (χ2n) is 9.57. The molecule has 4 rings (SSSR count). The Balaban J connectivity index is 0.00000462. The third kappa shape index (κ3) is 7.55. The molecule has 0 aliphatic carbocycles. The first-order valence-corrected chi connectivity index (χ1v) is 15.9. The minimum atomic E-state index is -3.78. The summed E-state index contributed by atoms with van der Waals surface area (Å²) in [6.07, 6.45) is -0.434. The van der Waals surface area contributed by atoms with Crippen LogP contribution in [0.25, 0.3) is 10.2 Å². The van der Waals surface area contributed by atoms with E-state index in [0.717, 1.165) is 28.9 Å². The van der Waals surface area contributed by atoms with Gasteiger partial charge in [0.05, 0.1) is 21.7 Å². The van der Waals surface area contributed by atoms with Crippen molar-refractivity contribution < 1.29 is 35.2 Å². The fraction of sp³-hybridized carbons (Fsp3) is 0.464. The molecule has 0 spiro atoms. The molecule has 1 aliphatic heterocycles. The minimum absolute atomic E-state index is 0. The normalized spacial score (nSPS) is 14.2. The molecule has 2 aromatic carbocycles. The second-order valence-corrected chi connectivity index (χ2v) is 12.5. The lowest BCUT2D eigenvalue weighted by molar-refractivity contribution is -0.0000254. The number of hydrogen-bond donors (Lipinski definition) is 0. The van der Waals surface area contributed by atoms with Crippen molar-refractivity contribution in [3.05, 3.63) is 53.6 Å². The maximum Gasteiger partial charge on any atom is 0.409 e. The number of nitrogens with zero attached hydrogens (tertiary/aromatic N) is 5. The molecule has 41 heavy (non-hydrogen) atoms. The van der Waals surface area contributed by atoms with Gasteiger partial charge in [0.2, 0.25) is 10.0 Å². The first-order chi connectivity index (χ1) is 19.2. The molecule has 0 unspecified atom stereocenters. The molecule has 224 valence electrons. The molecule has 1 aliphatic rings. The van der Waals surface area contributed by atoms with E-state index in [1.54, 1.807) is 24.0 Å². The monoisotopic (exact) mass is 622 g/mol. The van der Waals surface area contributed by atoms with E-state index in [4.69, 9.17) is 9.72 Å². The summed E-state index contributed by atoms with van der Waals surface area (Å²) in [5.74, 6) is -0.227. The summed E-state index contributed by atoms with van der Waals surface area (Å²) in [4.78, 5) is 36.0. The summed E-state index contributed by atoms with van der Waals surface area (Å²) >= 11 is 1.48. The van der Waals surface area contributed by atoms with Crippen LogP contribution >= 0.6 is 11.3 Å². The molecule has 1 fully saturated rings. The SMILES string of the molecule is CCOC(=O)N1CCN(S(=O)(=O)c2ccc(C(=O)N(CCN(CC)CC)c3nc4ccc(C)cc4s3)cc2)CC1.[Cl-]. The fourth-order valence-corrected chi connectivity index (χ4v) is 7.11. The minimum Gasteiger partial charge on any atom is -1.00 e. The average molecular weight is 623 g/mol. The molecular formula is C28H37ClN5O5S2-. The Morgan fingerprint density at radius 1 is 0.976 bits per heavy atom. The molecule has 0 saturated carbocycles. The van der Waals surface area contributed by atoms with Crippen LogP contribution in [0.3, 0.4) is 0 Å². The molecule has 2 heterocycles. The zero-order chi connectivity index (χ0) is 28.9. The predicted octanol–water partition coefficient (Wildman–Crippen LogP) is 1.06. The quantitative estimate of drug-likeness (QED) is 0.333. The van der Waals surface area contributed by atoms with Gasteiger partial charge in [-0.05, 0) is 68.9 Å². The van der Waals surface area contributed by atoms with E-state index in [9.17, 15) is 18.0 Å². The Bertz CT molecular complexity index is 1440. The van der Waals surface area contributed by atoms with E-state index in [1.807, 2.05) is 19.1 Å². The number of ether oxygens (including phenoxy) is 1. The topological polar surface area (TPSA) is 103 Å². The molecule has 1 saturated heterocycles. The molecule has 10 nitrogen and oxygen atoms in total. The van der Waals surface area contributed by atoms with E-state index >= 15 is 0 Å². The smallest absolute Gasteiger partial charge is 0.409 e. The van der Waals surface area contributed by atoms with Crippen LogP contribution in [0.4, 0.5) is 9.93 Å². The van der Waals surface area contributed by atoms with Gasteiger partial charge in [0.15, 0.2) is 5.13 Å². The number of aromatic nitrogens is 1. The highest BCUT2D eigenvalue weighted by atomic mass is 35.5. The van der Waals surface area contributed by atoms with Crippen LogP contribution in [-0.4, -0.2) is 98.5 Å². The number of aryl methyl sites for hydroxylation is 1. The van der Waals surface area contributed by atoms with Gasteiger partial charge in [-0.1, -0.05) is 31.3 Å². The largest absolute Gasteiger partial charge is 1.00 e. The van der Waals surface area contributed by atoms with Crippen molar-refractivity contribution in [3.63, 3.8) is 0 Å². The van der Waals surface area contributed by atoms with E-state index in [0.29, 0.717) is 23.8 Å². The van der Waals surface area contributed by atoms with Crippen LogP contribution in [-0.2, 0) is 14.8 Å². The molecule has 0 bridgehead atoms. The molecule has 3 aromatic rings.